The van der Waals surface area contributed by atoms with Crippen molar-refractivity contribution >= 4 is 11.9 Å². The van der Waals surface area contributed by atoms with E-state index in [0.29, 0.717) is 29.8 Å². The van der Waals surface area contributed by atoms with Gasteiger partial charge in [-0.2, -0.15) is 0 Å². The smallest absolute Gasteiger partial charge is 0.322 e. The molecule has 3 N–H and O–H groups in total. The third-order valence-corrected chi connectivity index (χ3v) is 6.38. The van der Waals surface area contributed by atoms with Crippen LogP contribution in [0.25, 0.3) is 11.3 Å². The Morgan fingerprint density at radius 3 is 2.41 bits per heavy atom. The van der Waals surface area contributed by atoms with E-state index >= 15 is 0 Å². The molecule has 1 aliphatic carbocycles. The summed E-state index contributed by atoms with van der Waals surface area (Å²) in [6.45, 7) is 1.07. The highest BCUT2D eigenvalue weighted by Crippen LogP contribution is 2.37. The molecule has 2 aromatic heterocycles. The Balaban J connectivity index is 1.37. The van der Waals surface area contributed by atoms with E-state index in [1.165, 1.54) is 5.56 Å². The lowest BCUT2D eigenvalue weighted by Gasteiger charge is -2.28. The van der Waals surface area contributed by atoms with Crippen molar-refractivity contribution in [2.24, 2.45) is 5.92 Å². The Hall–Kier alpha value is -3.81. The number of nitrogens with one attached hydrogen (secondary N) is 1. The highest BCUT2D eigenvalue weighted by Gasteiger charge is 2.25. The van der Waals surface area contributed by atoms with E-state index in [-0.39, 0.29) is 11.4 Å². The predicted molar refractivity (Wildman–Crippen MR) is 126 cm³/mol. The summed E-state index contributed by atoms with van der Waals surface area (Å²) in [6.07, 6.45) is 6.60. The minimum Gasteiger partial charge on any atom is -0.504 e. The summed E-state index contributed by atoms with van der Waals surface area (Å²) in [5.41, 5.74) is 3.56. The lowest BCUT2D eigenvalue weighted by Crippen LogP contribution is -2.30. The average molecular weight is 461 g/mol. The van der Waals surface area contributed by atoms with Crippen molar-refractivity contribution in [3.8, 4) is 17.0 Å². The molecule has 0 spiro atoms. The van der Waals surface area contributed by atoms with Crippen molar-refractivity contribution in [2.75, 3.05) is 6.54 Å². The highest BCUT2D eigenvalue weighted by atomic mass is 16.4. The van der Waals surface area contributed by atoms with Gasteiger partial charge in [-0.3, -0.25) is 14.6 Å². The van der Waals surface area contributed by atoms with E-state index < -0.39 is 18.4 Å². The number of rotatable bonds is 7. The Morgan fingerprint density at radius 2 is 1.76 bits per heavy atom. The first-order chi connectivity index (χ1) is 16.4. The van der Waals surface area contributed by atoms with Crippen molar-refractivity contribution in [1.82, 2.24) is 20.3 Å². The number of pyridine rings is 1. The quantitative estimate of drug-likeness (QED) is 0.488. The van der Waals surface area contributed by atoms with Crippen LogP contribution in [0.1, 0.15) is 59.2 Å². The first-order valence-corrected chi connectivity index (χ1v) is 11.5. The second-order valence-electron chi connectivity index (χ2n) is 8.76. The van der Waals surface area contributed by atoms with Gasteiger partial charge in [0.2, 0.25) is 0 Å². The molecule has 8 heteroatoms. The fourth-order valence-corrected chi connectivity index (χ4v) is 4.53. The number of carbonyl (C=O) groups is 2. The molecule has 1 saturated carbocycles. The van der Waals surface area contributed by atoms with E-state index in [9.17, 15) is 14.7 Å². The van der Waals surface area contributed by atoms with Crippen LogP contribution < -0.4 is 5.32 Å². The number of aryl methyl sites for hydroxylation is 1. The Bertz CT molecular complexity index is 1160. The largest absolute Gasteiger partial charge is 0.504 e. The summed E-state index contributed by atoms with van der Waals surface area (Å²) < 4.78 is 0. The van der Waals surface area contributed by atoms with E-state index in [1.54, 1.807) is 13.1 Å². The van der Waals surface area contributed by atoms with Gasteiger partial charge >= 0.3 is 5.97 Å². The summed E-state index contributed by atoms with van der Waals surface area (Å²) >= 11 is 0. The first kappa shape index (κ1) is 23.4. The number of hydrogen-bond acceptors (Lipinski definition) is 6. The molecule has 0 aliphatic heterocycles. The third-order valence-electron chi connectivity index (χ3n) is 6.38. The van der Waals surface area contributed by atoms with Gasteiger partial charge < -0.3 is 15.5 Å². The Labute approximate surface area is 198 Å². The molecule has 8 nitrogen and oxygen atoms in total. The van der Waals surface area contributed by atoms with Gasteiger partial charge in [0, 0.05) is 18.2 Å². The molecule has 1 aliphatic rings. The van der Waals surface area contributed by atoms with Gasteiger partial charge in [0.15, 0.2) is 11.4 Å². The van der Waals surface area contributed by atoms with Gasteiger partial charge in [-0.05, 0) is 62.1 Å². The van der Waals surface area contributed by atoms with Gasteiger partial charge in [0.05, 0.1) is 11.4 Å². The molecule has 3 aromatic rings. The number of hydrogen-bond donors (Lipinski definition) is 3. The molecule has 0 saturated heterocycles. The molecule has 0 unspecified atom stereocenters. The SMILES string of the molecule is Cc1nc(CC2CCC(c3ccc(-c4ccccn4)cc3)CC2)nc(C(=O)NCC(=O)O)c1O. The molecule has 0 atom stereocenters. The molecule has 1 fully saturated rings. The van der Waals surface area contributed by atoms with Crippen LogP contribution >= 0.6 is 0 Å². The number of aromatic nitrogens is 3. The molecule has 0 bridgehead atoms. The van der Waals surface area contributed by atoms with Gasteiger partial charge in [0.25, 0.3) is 5.91 Å². The zero-order valence-corrected chi connectivity index (χ0v) is 19.1. The summed E-state index contributed by atoms with van der Waals surface area (Å²) in [5, 5.41) is 21.2. The molecule has 2 heterocycles. The molecule has 176 valence electrons. The molecule has 1 aromatic carbocycles. The number of aliphatic carboxylic acids is 1. The fraction of sp³-hybridized carbons (Fsp3) is 0.346. The zero-order valence-electron chi connectivity index (χ0n) is 19.1. The maximum absolute atomic E-state index is 12.3. The van der Waals surface area contributed by atoms with Crippen LogP contribution in [0.2, 0.25) is 0 Å². The van der Waals surface area contributed by atoms with E-state index in [2.05, 4.69) is 44.5 Å². The van der Waals surface area contributed by atoms with Crippen molar-refractivity contribution in [1.29, 1.82) is 0 Å². The summed E-state index contributed by atoms with van der Waals surface area (Å²) in [4.78, 5) is 36.0. The van der Waals surface area contributed by atoms with Gasteiger partial charge in [-0.25, -0.2) is 9.97 Å². The van der Waals surface area contributed by atoms with Gasteiger partial charge in [-0.15, -0.1) is 0 Å². The van der Waals surface area contributed by atoms with Crippen LogP contribution in [0, 0.1) is 12.8 Å². The summed E-state index contributed by atoms with van der Waals surface area (Å²) in [5.74, 6) is -0.799. The highest BCUT2D eigenvalue weighted by molar-refractivity contribution is 5.96. The van der Waals surface area contributed by atoms with E-state index in [1.807, 2.05) is 18.2 Å². The maximum Gasteiger partial charge on any atom is 0.322 e. The lowest BCUT2D eigenvalue weighted by atomic mass is 9.77. The van der Waals surface area contributed by atoms with Crippen molar-refractivity contribution in [2.45, 2.75) is 44.9 Å². The monoisotopic (exact) mass is 460 g/mol. The fourth-order valence-electron chi connectivity index (χ4n) is 4.53. The number of aromatic hydroxyl groups is 1. The van der Waals surface area contributed by atoms with Crippen molar-refractivity contribution in [3.05, 3.63) is 71.4 Å². The minimum atomic E-state index is -1.16. The predicted octanol–water partition coefficient (Wildman–Crippen LogP) is 3.88. The molecule has 0 radical (unpaired) electrons. The van der Waals surface area contributed by atoms with Crippen molar-refractivity contribution in [3.63, 3.8) is 0 Å². The van der Waals surface area contributed by atoms with Gasteiger partial charge in [0.1, 0.15) is 12.4 Å². The standard InChI is InChI=1S/C26H28N4O4/c1-16-25(33)24(26(34)28-15-23(31)32)30-22(29-16)14-17-5-7-18(8-6-17)19-9-11-20(12-10-19)21-4-2-3-13-27-21/h2-4,9-13,17-18,33H,5-8,14-15H2,1H3,(H,28,34)(H,31,32). The normalized spacial score (nSPS) is 17.8. The van der Waals surface area contributed by atoms with Crippen LogP contribution in [-0.4, -0.2) is 43.6 Å². The number of carboxylic acid groups (broad SMARTS) is 1. The molecular formula is C26H28N4O4. The van der Waals surface area contributed by atoms with Crippen LogP contribution in [0.3, 0.4) is 0 Å². The number of carbonyl (C=O) groups excluding carboxylic acids is 1. The summed E-state index contributed by atoms with van der Waals surface area (Å²) in [7, 11) is 0. The van der Waals surface area contributed by atoms with E-state index in [0.717, 1.165) is 36.9 Å². The topological polar surface area (TPSA) is 125 Å². The average Bonchev–Trinajstić information content (AvgIpc) is 2.86. The molecular weight excluding hydrogens is 432 g/mol. The molecule has 34 heavy (non-hydrogen) atoms. The van der Waals surface area contributed by atoms with Crippen LogP contribution in [0.4, 0.5) is 0 Å². The number of amides is 1. The first-order valence-electron chi connectivity index (χ1n) is 11.5. The number of carboxylic acids is 1. The van der Waals surface area contributed by atoms with Crippen LogP contribution in [0.15, 0.2) is 48.7 Å². The number of benzene rings is 1. The van der Waals surface area contributed by atoms with E-state index in [4.69, 9.17) is 5.11 Å². The second kappa shape index (κ2) is 10.4. The zero-order chi connectivity index (χ0) is 24.1. The van der Waals surface area contributed by atoms with Gasteiger partial charge in [-0.1, -0.05) is 30.3 Å². The summed E-state index contributed by atoms with van der Waals surface area (Å²) in [6, 6.07) is 14.6. The third kappa shape index (κ3) is 5.57. The number of nitrogens with zero attached hydrogens (tertiary/aromatic N) is 3. The Morgan fingerprint density at radius 1 is 1.03 bits per heavy atom. The lowest BCUT2D eigenvalue weighted by molar-refractivity contribution is -0.135. The molecule has 4 rings (SSSR count). The van der Waals surface area contributed by atoms with Crippen molar-refractivity contribution < 1.29 is 19.8 Å². The minimum absolute atomic E-state index is 0.176. The van der Waals surface area contributed by atoms with Crippen LogP contribution in [0.5, 0.6) is 5.75 Å². The van der Waals surface area contributed by atoms with Crippen LogP contribution in [-0.2, 0) is 11.2 Å². The molecule has 1 amide bonds. The maximum atomic E-state index is 12.3. The Kier molecular flexibility index (Phi) is 7.15. The second-order valence-corrected chi connectivity index (χ2v) is 8.76.